The van der Waals surface area contributed by atoms with E-state index >= 15 is 0 Å². The first-order valence-corrected chi connectivity index (χ1v) is 13.9. The van der Waals surface area contributed by atoms with Crippen molar-refractivity contribution in [3.63, 3.8) is 0 Å². The molecule has 1 fully saturated rings. The van der Waals surface area contributed by atoms with Crippen molar-refractivity contribution in [1.29, 1.82) is 0 Å². The van der Waals surface area contributed by atoms with Gasteiger partial charge in [-0.3, -0.25) is 9.36 Å². The molecule has 0 atom stereocenters. The highest BCUT2D eigenvalue weighted by molar-refractivity contribution is 7.09. The number of piperidine rings is 1. The van der Waals surface area contributed by atoms with Crippen LogP contribution in [0.5, 0.6) is 0 Å². The second-order valence-electron chi connectivity index (χ2n) is 9.81. The fraction of sp³-hybridized carbons (Fsp3) is 0.429. The van der Waals surface area contributed by atoms with Gasteiger partial charge in [-0.25, -0.2) is 9.78 Å². The number of anilines is 1. The van der Waals surface area contributed by atoms with E-state index in [0.29, 0.717) is 45.6 Å². The summed E-state index contributed by atoms with van der Waals surface area (Å²) in [5, 5.41) is 0.814. The predicted octanol–water partition coefficient (Wildman–Crippen LogP) is 3.79. The zero-order valence-electron chi connectivity index (χ0n) is 21.9. The Hall–Kier alpha value is -3.50. The third-order valence-corrected chi connectivity index (χ3v) is 7.99. The second-order valence-corrected chi connectivity index (χ2v) is 10.5. The third-order valence-electron chi connectivity index (χ3n) is 7.18. The Morgan fingerprint density at radius 2 is 1.89 bits per heavy atom. The predicted molar refractivity (Wildman–Crippen MR) is 150 cm³/mol. The molecule has 2 aromatic heterocycles. The van der Waals surface area contributed by atoms with E-state index in [1.165, 1.54) is 22.7 Å². The first-order valence-electron chi connectivity index (χ1n) is 13.1. The van der Waals surface area contributed by atoms with E-state index in [2.05, 4.69) is 45.4 Å². The van der Waals surface area contributed by atoms with Gasteiger partial charge in [0.25, 0.3) is 0 Å². The molecular formula is C28H34N6O3S. The van der Waals surface area contributed by atoms with E-state index in [-0.39, 0.29) is 17.6 Å². The molecular weight excluding hydrogens is 500 g/mol. The summed E-state index contributed by atoms with van der Waals surface area (Å²) in [6.45, 7) is 5.12. The van der Waals surface area contributed by atoms with E-state index in [1.54, 1.807) is 7.11 Å². The summed E-state index contributed by atoms with van der Waals surface area (Å²) in [7, 11) is 1.68. The molecule has 2 aromatic carbocycles. The lowest BCUT2D eigenvalue weighted by molar-refractivity contribution is -0.132. The van der Waals surface area contributed by atoms with Gasteiger partial charge >= 0.3 is 5.69 Å². The van der Waals surface area contributed by atoms with Gasteiger partial charge in [0.2, 0.25) is 11.0 Å². The number of nitrogens with zero attached hydrogens (tertiary/aromatic N) is 5. The van der Waals surface area contributed by atoms with Crippen molar-refractivity contribution in [1.82, 2.24) is 23.8 Å². The van der Waals surface area contributed by atoms with Crippen molar-refractivity contribution in [3.05, 3.63) is 76.0 Å². The van der Waals surface area contributed by atoms with Crippen molar-refractivity contribution in [2.24, 2.45) is 0 Å². The van der Waals surface area contributed by atoms with E-state index in [4.69, 9.17) is 9.72 Å². The van der Waals surface area contributed by atoms with Gasteiger partial charge in [-0.05, 0) is 37.5 Å². The number of imidazole rings is 1. The minimum absolute atomic E-state index is 0.0800. The number of hydrogen-bond acceptors (Lipinski definition) is 7. The van der Waals surface area contributed by atoms with Crippen molar-refractivity contribution in [2.75, 3.05) is 44.8 Å². The van der Waals surface area contributed by atoms with Crippen LogP contribution >= 0.6 is 11.5 Å². The van der Waals surface area contributed by atoms with Gasteiger partial charge in [-0.1, -0.05) is 42.0 Å². The van der Waals surface area contributed by atoms with Gasteiger partial charge in [0.05, 0.1) is 17.6 Å². The van der Waals surface area contributed by atoms with Gasteiger partial charge in [0.1, 0.15) is 5.82 Å². The van der Waals surface area contributed by atoms with Gasteiger partial charge in [0.15, 0.2) is 0 Å². The summed E-state index contributed by atoms with van der Waals surface area (Å²) in [5.74, 6) is 0.915. The van der Waals surface area contributed by atoms with Crippen LogP contribution in [0.3, 0.4) is 0 Å². The van der Waals surface area contributed by atoms with Crippen LogP contribution in [0.1, 0.15) is 42.3 Å². The molecule has 0 unspecified atom stereocenters. The van der Waals surface area contributed by atoms with Gasteiger partial charge in [-0.15, -0.1) is 0 Å². The molecule has 1 amide bonds. The lowest BCUT2D eigenvalue weighted by Crippen LogP contribution is -2.42. The van der Waals surface area contributed by atoms with Gasteiger partial charge < -0.3 is 19.5 Å². The monoisotopic (exact) mass is 534 g/mol. The number of aryl methyl sites for hydroxylation is 1. The van der Waals surface area contributed by atoms with Crippen molar-refractivity contribution in [3.8, 4) is 0 Å². The van der Waals surface area contributed by atoms with E-state index in [9.17, 15) is 9.59 Å². The van der Waals surface area contributed by atoms with Crippen LogP contribution in [-0.4, -0.2) is 69.6 Å². The topological polar surface area (TPSA) is 96.3 Å². The third kappa shape index (κ3) is 5.97. The van der Waals surface area contributed by atoms with Crippen LogP contribution in [0.4, 0.5) is 5.13 Å². The number of rotatable bonds is 10. The molecule has 0 bridgehead atoms. The van der Waals surface area contributed by atoms with Crippen LogP contribution in [0.25, 0.3) is 11.0 Å². The van der Waals surface area contributed by atoms with Crippen molar-refractivity contribution >= 4 is 33.6 Å². The SMILES string of the molecule is COCCN(CCC(=O)N1CCC(n2c(=O)[nH]c3ccccc32)CC1)c1nc(Cc2ccc(C)cc2)ns1. The molecule has 1 saturated heterocycles. The Morgan fingerprint density at radius 3 is 2.66 bits per heavy atom. The Labute approximate surface area is 226 Å². The summed E-state index contributed by atoms with van der Waals surface area (Å²) in [6.07, 6.45) is 2.61. The highest BCUT2D eigenvalue weighted by atomic mass is 32.1. The molecule has 1 N–H and O–H groups in total. The number of ether oxygens (including phenoxy) is 1. The zero-order valence-corrected chi connectivity index (χ0v) is 22.7. The molecule has 4 aromatic rings. The largest absolute Gasteiger partial charge is 0.383 e. The summed E-state index contributed by atoms with van der Waals surface area (Å²) in [6, 6.07) is 16.3. The summed E-state index contributed by atoms with van der Waals surface area (Å²) < 4.78 is 11.7. The molecule has 0 saturated carbocycles. The number of nitrogens with one attached hydrogen (secondary N) is 1. The number of aromatic nitrogens is 4. The van der Waals surface area contributed by atoms with Crippen LogP contribution in [0, 0.1) is 6.92 Å². The number of hydrogen-bond donors (Lipinski definition) is 1. The Balaban J connectivity index is 1.17. The summed E-state index contributed by atoms with van der Waals surface area (Å²) in [4.78, 5) is 37.4. The van der Waals surface area contributed by atoms with E-state index in [0.717, 1.165) is 34.8 Å². The molecule has 200 valence electrons. The fourth-order valence-electron chi connectivity index (χ4n) is 5.04. The zero-order chi connectivity index (χ0) is 26.5. The van der Waals surface area contributed by atoms with Gasteiger partial charge in [-0.2, -0.15) is 4.37 Å². The first kappa shape index (κ1) is 26.1. The number of para-hydroxylation sites is 2. The number of methoxy groups -OCH3 is 1. The Morgan fingerprint density at radius 1 is 1.13 bits per heavy atom. The second kappa shape index (κ2) is 11.9. The van der Waals surface area contributed by atoms with Crippen LogP contribution < -0.4 is 10.6 Å². The lowest BCUT2D eigenvalue weighted by atomic mass is 10.0. The van der Waals surface area contributed by atoms with Crippen LogP contribution in [0.15, 0.2) is 53.3 Å². The lowest BCUT2D eigenvalue weighted by Gasteiger charge is -2.33. The maximum absolute atomic E-state index is 13.1. The van der Waals surface area contributed by atoms with Crippen molar-refractivity contribution < 1.29 is 9.53 Å². The maximum Gasteiger partial charge on any atom is 0.326 e. The first-order chi connectivity index (χ1) is 18.5. The highest BCUT2D eigenvalue weighted by Crippen LogP contribution is 2.25. The molecule has 3 heterocycles. The number of likely N-dealkylation sites (tertiary alicyclic amines) is 1. The van der Waals surface area contributed by atoms with E-state index < -0.39 is 0 Å². The normalized spacial score (nSPS) is 14.3. The fourth-order valence-corrected chi connectivity index (χ4v) is 5.77. The van der Waals surface area contributed by atoms with Crippen LogP contribution in [0.2, 0.25) is 0 Å². The standard InChI is InChI=1S/C28H34N6O3S/c1-20-7-9-21(10-8-20)19-25-30-28(38-31-25)33(17-18-37-2)16-13-26(35)32-14-11-22(12-15-32)34-24-6-4-3-5-23(24)29-27(34)36/h3-10,22H,11-19H2,1-2H3,(H,29,36). The van der Waals surface area contributed by atoms with Crippen molar-refractivity contribution in [2.45, 2.75) is 38.6 Å². The molecule has 1 aliphatic heterocycles. The van der Waals surface area contributed by atoms with E-state index in [1.807, 2.05) is 33.7 Å². The molecule has 10 heteroatoms. The number of amides is 1. The molecule has 0 radical (unpaired) electrons. The average Bonchev–Trinajstić information content (AvgIpc) is 3.53. The number of carbonyl (C=O) groups excluding carboxylic acids is 1. The maximum atomic E-state index is 13.1. The van der Waals surface area contributed by atoms with Crippen LogP contribution in [-0.2, 0) is 16.0 Å². The minimum atomic E-state index is -0.0800. The Kier molecular flexibility index (Phi) is 8.19. The Bertz CT molecular complexity index is 1420. The molecule has 0 spiro atoms. The number of fused-ring (bicyclic) bond motifs is 1. The number of aromatic amines is 1. The molecule has 1 aliphatic rings. The highest BCUT2D eigenvalue weighted by Gasteiger charge is 2.26. The molecule has 5 rings (SSSR count). The quantitative estimate of drug-likeness (QED) is 0.333. The summed E-state index contributed by atoms with van der Waals surface area (Å²) in [5.41, 5.74) is 4.10. The number of H-pyrrole nitrogens is 1. The summed E-state index contributed by atoms with van der Waals surface area (Å²) >= 11 is 1.37. The van der Waals surface area contributed by atoms with Gasteiger partial charge in [0, 0.05) is 63.7 Å². The number of carbonyl (C=O) groups is 1. The average molecular weight is 535 g/mol. The molecule has 9 nitrogen and oxygen atoms in total. The molecule has 0 aliphatic carbocycles. The number of benzene rings is 2. The molecule has 38 heavy (non-hydrogen) atoms. The smallest absolute Gasteiger partial charge is 0.326 e. The minimum Gasteiger partial charge on any atom is -0.383 e.